The maximum atomic E-state index is 3.87. The summed E-state index contributed by atoms with van der Waals surface area (Å²) in [6.45, 7) is 11.6. The Morgan fingerprint density at radius 3 is 2.45 bits per heavy atom. The van der Waals surface area contributed by atoms with Crippen molar-refractivity contribution in [2.75, 3.05) is 0 Å². The largest absolute Gasteiger partial charge is 0.0991 e. The minimum absolute atomic E-state index is 1.01. The van der Waals surface area contributed by atoms with E-state index in [2.05, 4.69) is 20.1 Å². The van der Waals surface area contributed by atoms with Crippen LogP contribution in [0.15, 0.2) is 48.6 Å². The van der Waals surface area contributed by atoms with Gasteiger partial charge < -0.3 is 0 Å². The minimum Gasteiger partial charge on any atom is -0.0991 e. The van der Waals surface area contributed by atoms with Crippen molar-refractivity contribution < 1.29 is 0 Å². The maximum absolute atomic E-state index is 3.87. The molecule has 60 valence electrons. The average Bonchev–Trinajstić information content (AvgIpc) is 2.01. The fraction of sp³-hybridized carbons (Fsp3) is 0.273. The van der Waals surface area contributed by atoms with Crippen molar-refractivity contribution in [1.29, 1.82) is 0 Å². The Hall–Kier alpha value is -1.04. The van der Waals surface area contributed by atoms with Crippen molar-refractivity contribution in [1.82, 2.24) is 0 Å². The van der Waals surface area contributed by atoms with Gasteiger partial charge in [0.05, 0.1) is 0 Å². The lowest BCUT2D eigenvalue weighted by molar-refractivity contribution is 1.16. The second-order valence-electron chi connectivity index (χ2n) is 2.49. The van der Waals surface area contributed by atoms with Gasteiger partial charge in [0, 0.05) is 0 Å². The van der Waals surface area contributed by atoms with E-state index in [-0.39, 0.29) is 0 Å². The van der Waals surface area contributed by atoms with E-state index in [0.717, 1.165) is 12.0 Å². The molecule has 0 amide bonds. The Morgan fingerprint density at radius 1 is 1.36 bits per heavy atom. The third-order valence-corrected chi connectivity index (χ3v) is 1.42. The predicted octanol–water partition coefficient (Wildman–Crippen LogP) is 3.64. The van der Waals surface area contributed by atoms with Gasteiger partial charge in [-0.15, -0.1) is 0 Å². The molecular weight excluding hydrogens is 132 g/mol. The fourth-order valence-corrected chi connectivity index (χ4v) is 0.609. The molecule has 0 fully saturated rings. The molecule has 11 heavy (non-hydrogen) atoms. The third-order valence-electron chi connectivity index (χ3n) is 1.42. The molecule has 0 spiro atoms. The molecule has 0 bridgehead atoms. The molecule has 0 aromatic heterocycles. The second-order valence-corrected chi connectivity index (χ2v) is 2.49. The van der Waals surface area contributed by atoms with Crippen LogP contribution in [0.4, 0.5) is 0 Å². The lowest BCUT2D eigenvalue weighted by Gasteiger charge is -1.91. The third kappa shape index (κ3) is 5.41. The Balaban J connectivity index is 4.02. The first-order valence-corrected chi connectivity index (χ1v) is 3.86. The molecule has 0 rings (SSSR count). The van der Waals surface area contributed by atoms with Gasteiger partial charge in [-0.3, -0.25) is 0 Å². The van der Waals surface area contributed by atoms with E-state index in [9.17, 15) is 0 Å². The van der Waals surface area contributed by atoms with Gasteiger partial charge in [0.15, 0.2) is 0 Å². The second kappa shape index (κ2) is 5.72. The number of allylic oxidation sites excluding steroid dienone is 6. The molecule has 0 aliphatic heterocycles. The molecule has 0 nitrogen and oxygen atoms in total. The standard InChI is InChI=1S/C11H16/c1-5-7-11(4)9-8-10(3)6-2/h5,7-9H,1,3,6H2,2,4H3/b9-8-,11-7-. The summed E-state index contributed by atoms with van der Waals surface area (Å²) in [6, 6.07) is 0. The van der Waals surface area contributed by atoms with Crippen LogP contribution in [0.2, 0.25) is 0 Å². The van der Waals surface area contributed by atoms with Crippen molar-refractivity contribution in [3.8, 4) is 0 Å². The first kappa shape index (κ1) is 9.96. The van der Waals surface area contributed by atoms with Crippen molar-refractivity contribution >= 4 is 0 Å². The molecule has 0 saturated heterocycles. The maximum Gasteiger partial charge on any atom is -0.0313 e. The van der Waals surface area contributed by atoms with Crippen LogP contribution in [0, 0.1) is 0 Å². The van der Waals surface area contributed by atoms with E-state index >= 15 is 0 Å². The van der Waals surface area contributed by atoms with Gasteiger partial charge >= 0.3 is 0 Å². The summed E-state index contributed by atoms with van der Waals surface area (Å²) in [5.41, 5.74) is 2.36. The highest BCUT2D eigenvalue weighted by atomic mass is 13.9. The monoisotopic (exact) mass is 148 g/mol. The molecule has 0 unspecified atom stereocenters. The van der Waals surface area contributed by atoms with Crippen LogP contribution in [0.25, 0.3) is 0 Å². The molecule has 0 saturated carbocycles. The van der Waals surface area contributed by atoms with Gasteiger partial charge in [0.2, 0.25) is 0 Å². The predicted molar refractivity (Wildman–Crippen MR) is 52.5 cm³/mol. The minimum atomic E-state index is 1.01. The highest BCUT2D eigenvalue weighted by Crippen LogP contribution is 2.02. The first-order valence-electron chi connectivity index (χ1n) is 3.86. The quantitative estimate of drug-likeness (QED) is 0.534. The molecule has 0 aromatic carbocycles. The van der Waals surface area contributed by atoms with Crippen LogP contribution >= 0.6 is 0 Å². The molecule has 0 aliphatic carbocycles. The molecule has 0 aromatic rings. The van der Waals surface area contributed by atoms with Crippen LogP contribution in [-0.4, -0.2) is 0 Å². The van der Waals surface area contributed by atoms with Crippen molar-refractivity contribution in [2.45, 2.75) is 20.3 Å². The van der Waals surface area contributed by atoms with Crippen LogP contribution in [0.3, 0.4) is 0 Å². The molecule has 0 N–H and O–H groups in total. The number of rotatable bonds is 4. The van der Waals surface area contributed by atoms with Gasteiger partial charge in [-0.2, -0.15) is 0 Å². The lowest BCUT2D eigenvalue weighted by Crippen LogP contribution is -1.70. The molecule has 0 heteroatoms. The number of hydrogen-bond donors (Lipinski definition) is 0. The van der Waals surface area contributed by atoms with Gasteiger partial charge in [0.1, 0.15) is 0 Å². The summed E-state index contributed by atoms with van der Waals surface area (Å²) in [5, 5.41) is 0. The average molecular weight is 148 g/mol. The van der Waals surface area contributed by atoms with Gasteiger partial charge in [-0.05, 0) is 13.3 Å². The van der Waals surface area contributed by atoms with E-state index in [1.54, 1.807) is 6.08 Å². The van der Waals surface area contributed by atoms with E-state index in [1.807, 2.05) is 25.2 Å². The Kier molecular flexibility index (Phi) is 5.18. The molecule has 0 atom stereocenters. The number of hydrogen-bond acceptors (Lipinski definition) is 0. The van der Waals surface area contributed by atoms with E-state index in [0.29, 0.717) is 0 Å². The SMILES string of the molecule is C=C/C=C(C)\C=C/C(=C)CC. The molecule has 0 radical (unpaired) electrons. The summed E-state index contributed by atoms with van der Waals surface area (Å²) in [6.07, 6.45) is 8.86. The summed E-state index contributed by atoms with van der Waals surface area (Å²) in [4.78, 5) is 0. The summed E-state index contributed by atoms with van der Waals surface area (Å²) >= 11 is 0. The van der Waals surface area contributed by atoms with Gasteiger partial charge in [0.25, 0.3) is 0 Å². The highest BCUT2D eigenvalue weighted by molar-refractivity contribution is 5.26. The van der Waals surface area contributed by atoms with Crippen LogP contribution in [0.5, 0.6) is 0 Å². The normalized spacial score (nSPS) is 12.0. The van der Waals surface area contributed by atoms with E-state index in [1.165, 1.54) is 5.57 Å². The van der Waals surface area contributed by atoms with E-state index < -0.39 is 0 Å². The van der Waals surface area contributed by atoms with E-state index in [4.69, 9.17) is 0 Å². The van der Waals surface area contributed by atoms with Gasteiger partial charge in [-0.1, -0.05) is 55.5 Å². The van der Waals surface area contributed by atoms with Crippen molar-refractivity contribution in [2.24, 2.45) is 0 Å². The smallest absolute Gasteiger partial charge is 0.0313 e. The van der Waals surface area contributed by atoms with Crippen LogP contribution in [0.1, 0.15) is 20.3 Å². The summed E-state index contributed by atoms with van der Waals surface area (Å²) < 4.78 is 0. The fourth-order valence-electron chi connectivity index (χ4n) is 0.609. The molecular formula is C11H16. The molecule has 0 aliphatic rings. The topological polar surface area (TPSA) is 0 Å². The Morgan fingerprint density at radius 2 is 2.00 bits per heavy atom. The summed E-state index contributed by atoms with van der Waals surface area (Å²) in [5.74, 6) is 0. The zero-order valence-electron chi connectivity index (χ0n) is 7.43. The highest BCUT2D eigenvalue weighted by Gasteiger charge is 1.81. The van der Waals surface area contributed by atoms with Crippen molar-refractivity contribution in [3.05, 3.63) is 48.6 Å². The summed E-state index contributed by atoms with van der Waals surface area (Å²) in [7, 11) is 0. The Bertz CT molecular complexity index is 192. The van der Waals surface area contributed by atoms with Crippen LogP contribution in [-0.2, 0) is 0 Å². The van der Waals surface area contributed by atoms with Crippen molar-refractivity contribution in [3.63, 3.8) is 0 Å². The van der Waals surface area contributed by atoms with Gasteiger partial charge in [-0.25, -0.2) is 0 Å². The zero-order valence-corrected chi connectivity index (χ0v) is 7.43. The lowest BCUT2D eigenvalue weighted by atomic mass is 10.2. The first-order chi connectivity index (χ1) is 5.20. The molecule has 0 heterocycles. The zero-order chi connectivity index (χ0) is 8.69. The van der Waals surface area contributed by atoms with Crippen LogP contribution < -0.4 is 0 Å². The Labute approximate surface area is 69.6 Å².